The minimum absolute atomic E-state index is 0.100. The van der Waals surface area contributed by atoms with Gasteiger partial charge in [0.25, 0.3) is 5.91 Å². The van der Waals surface area contributed by atoms with E-state index in [2.05, 4.69) is 15.1 Å². The summed E-state index contributed by atoms with van der Waals surface area (Å²) in [4.78, 5) is 23.2. The fourth-order valence-corrected chi connectivity index (χ4v) is 3.33. The van der Waals surface area contributed by atoms with Gasteiger partial charge < -0.3 is 9.42 Å². The van der Waals surface area contributed by atoms with Crippen molar-refractivity contribution in [2.75, 3.05) is 13.1 Å². The largest absolute Gasteiger partial charge is 0.339 e. The number of amides is 1. The van der Waals surface area contributed by atoms with Gasteiger partial charge in [-0.1, -0.05) is 23.4 Å². The molecule has 6 nitrogen and oxygen atoms in total. The number of carbonyl (C=O) groups is 1. The Balaban J connectivity index is 1.42. The van der Waals surface area contributed by atoms with Crippen LogP contribution in [-0.2, 0) is 0 Å². The number of likely N-dealkylation sites (tertiary alicyclic amines) is 1. The van der Waals surface area contributed by atoms with Gasteiger partial charge in [0.2, 0.25) is 11.7 Å². The molecule has 0 atom stereocenters. The normalized spacial score (nSPS) is 15.2. The van der Waals surface area contributed by atoms with E-state index in [0.29, 0.717) is 24.8 Å². The average molecular weight is 348 g/mol. The van der Waals surface area contributed by atoms with Gasteiger partial charge in [-0.15, -0.1) is 0 Å². The summed E-state index contributed by atoms with van der Waals surface area (Å²) in [7, 11) is 0. The zero-order valence-electron chi connectivity index (χ0n) is 14.6. The van der Waals surface area contributed by atoms with Crippen molar-refractivity contribution in [3.05, 3.63) is 65.8 Å². The number of piperidine rings is 1. The summed E-state index contributed by atoms with van der Waals surface area (Å²) in [5, 5.41) is 4.07. The third kappa shape index (κ3) is 3.22. The minimum atomic E-state index is 0.100. The Labute approximate surface area is 151 Å². The molecule has 1 aromatic carbocycles. The second-order valence-corrected chi connectivity index (χ2v) is 6.58. The number of carbonyl (C=O) groups excluding carboxylic acids is 1. The predicted molar refractivity (Wildman–Crippen MR) is 96.6 cm³/mol. The van der Waals surface area contributed by atoms with Crippen LogP contribution in [0.25, 0.3) is 11.4 Å². The second kappa shape index (κ2) is 7.07. The van der Waals surface area contributed by atoms with Gasteiger partial charge >= 0.3 is 0 Å². The Hall–Kier alpha value is -3.02. The molecule has 2 aromatic heterocycles. The zero-order valence-corrected chi connectivity index (χ0v) is 14.6. The number of aromatic nitrogens is 3. The molecule has 1 amide bonds. The van der Waals surface area contributed by atoms with Crippen LogP contribution in [0.2, 0.25) is 0 Å². The molecule has 0 saturated carbocycles. The third-order valence-corrected chi connectivity index (χ3v) is 4.87. The minimum Gasteiger partial charge on any atom is -0.339 e. The highest BCUT2D eigenvalue weighted by Gasteiger charge is 2.28. The summed E-state index contributed by atoms with van der Waals surface area (Å²) in [5.74, 6) is 1.50. The number of aryl methyl sites for hydroxylation is 1. The molecule has 1 aliphatic heterocycles. The standard InChI is InChI=1S/C20H20N4O2/c1-14-5-2-3-7-17(14)20(25)24-11-8-15(9-12-24)19-22-18(23-26-19)16-6-4-10-21-13-16/h2-7,10,13,15H,8-9,11-12H2,1H3. The van der Waals surface area contributed by atoms with Gasteiger partial charge in [0.05, 0.1) is 0 Å². The van der Waals surface area contributed by atoms with Crippen molar-refractivity contribution < 1.29 is 9.32 Å². The van der Waals surface area contributed by atoms with Gasteiger partial charge in [0.1, 0.15) is 0 Å². The molecule has 132 valence electrons. The SMILES string of the molecule is Cc1ccccc1C(=O)N1CCC(c2nc(-c3cccnc3)no2)CC1. The molecule has 3 aromatic rings. The fraction of sp³-hybridized carbons (Fsp3) is 0.300. The summed E-state index contributed by atoms with van der Waals surface area (Å²) < 4.78 is 5.47. The Morgan fingerprint density at radius 3 is 2.69 bits per heavy atom. The number of rotatable bonds is 3. The maximum Gasteiger partial charge on any atom is 0.254 e. The third-order valence-electron chi connectivity index (χ3n) is 4.87. The van der Waals surface area contributed by atoms with E-state index in [4.69, 9.17) is 4.52 Å². The van der Waals surface area contributed by atoms with Crippen LogP contribution in [0, 0.1) is 6.92 Å². The smallest absolute Gasteiger partial charge is 0.254 e. The Morgan fingerprint density at radius 1 is 1.15 bits per heavy atom. The molecular formula is C20H20N4O2. The summed E-state index contributed by atoms with van der Waals surface area (Å²) in [6.45, 7) is 3.36. The van der Waals surface area contributed by atoms with E-state index in [1.54, 1.807) is 12.4 Å². The van der Waals surface area contributed by atoms with Crippen LogP contribution in [0.4, 0.5) is 0 Å². The first kappa shape index (κ1) is 16.4. The Kier molecular flexibility index (Phi) is 4.48. The molecule has 6 heteroatoms. The van der Waals surface area contributed by atoms with Gasteiger partial charge in [-0.25, -0.2) is 0 Å². The van der Waals surface area contributed by atoms with E-state index in [0.717, 1.165) is 29.5 Å². The van der Waals surface area contributed by atoms with Crippen LogP contribution in [0.15, 0.2) is 53.3 Å². The number of pyridine rings is 1. The highest BCUT2D eigenvalue weighted by molar-refractivity contribution is 5.95. The summed E-state index contributed by atoms with van der Waals surface area (Å²) in [6.07, 6.45) is 5.09. The van der Waals surface area contributed by atoms with Crippen LogP contribution in [0.3, 0.4) is 0 Å². The lowest BCUT2D eigenvalue weighted by molar-refractivity contribution is 0.0704. The Morgan fingerprint density at radius 2 is 1.96 bits per heavy atom. The average Bonchev–Trinajstić information content (AvgIpc) is 3.19. The summed E-state index contributed by atoms with van der Waals surface area (Å²) in [6, 6.07) is 11.5. The van der Waals surface area contributed by atoms with E-state index in [1.165, 1.54) is 0 Å². The maximum atomic E-state index is 12.7. The molecule has 0 spiro atoms. The van der Waals surface area contributed by atoms with E-state index in [1.807, 2.05) is 48.2 Å². The lowest BCUT2D eigenvalue weighted by Gasteiger charge is -2.30. The monoisotopic (exact) mass is 348 g/mol. The lowest BCUT2D eigenvalue weighted by Crippen LogP contribution is -2.38. The van der Waals surface area contributed by atoms with Crippen LogP contribution >= 0.6 is 0 Å². The summed E-state index contributed by atoms with van der Waals surface area (Å²) in [5.41, 5.74) is 2.63. The zero-order chi connectivity index (χ0) is 17.9. The van der Waals surface area contributed by atoms with Crippen LogP contribution in [0.5, 0.6) is 0 Å². The van der Waals surface area contributed by atoms with Crippen molar-refractivity contribution in [2.45, 2.75) is 25.7 Å². The molecule has 4 rings (SSSR count). The topological polar surface area (TPSA) is 72.1 Å². The van der Waals surface area contributed by atoms with E-state index >= 15 is 0 Å². The van der Waals surface area contributed by atoms with Crippen molar-refractivity contribution in [1.82, 2.24) is 20.0 Å². The quantitative estimate of drug-likeness (QED) is 0.725. The van der Waals surface area contributed by atoms with Crippen LogP contribution in [-0.4, -0.2) is 39.0 Å². The number of nitrogens with zero attached hydrogens (tertiary/aromatic N) is 4. The van der Waals surface area contributed by atoms with Gasteiger partial charge in [-0.3, -0.25) is 9.78 Å². The number of hydrogen-bond acceptors (Lipinski definition) is 5. The molecule has 3 heterocycles. The first-order valence-electron chi connectivity index (χ1n) is 8.81. The van der Waals surface area contributed by atoms with Gasteiger partial charge in [-0.05, 0) is 43.5 Å². The molecule has 0 N–H and O–H groups in total. The van der Waals surface area contributed by atoms with Gasteiger partial charge in [0, 0.05) is 42.5 Å². The molecular weight excluding hydrogens is 328 g/mol. The maximum absolute atomic E-state index is 12.7. The highest BCUT2D eigenvalue weighted by Crippen LogP contribution is 2.29. The molecule has 0 aliphatic carbocycles. The van der Waals surface area contributed by atoms with Gasteiger partial charge in [0.15, 0.2) is 0 Å². The summed E-state index contributed by atoms with van der Waals surface area (Å²) >= 11 is 0. The van der Waals surface area contributed by atoms with Gasteiger partial charge in [-0.2, -0.15) is 4.98 Å². The Bertz CT molecular complexity index is 899. The first-order valence-corrected chi connectivity index (χ1v) is 8.81. The molecule has 26 heavy (non-hydrogen) atoms. The predicted octanol–water partition coefficient (Wildman–Crippen LogP) is 3.46. The first-order chi connectivity index (χ1) is 12.7. The van der Waals surface area contributed by atoms with Crippen molar-refractivity contribution in [1.29, 1.82) is 0 Å². The van der Waals surface area contributed by atoms with Crippen LogP contribution < -0.4 is 0 Å². The molecule has 1 saturated heterocycles. The fourth-order valence-electron chi connectivity index (χ4n) is 3.33. The van der Waals surface area contributed by atoms with Crippen LogP contribution in [0.1, 0.15) is 40.6 Å². The van der Waals surface area contributed by atoms with Crippen molar-refractivity contribution in [3.8, 4) is 11.4 Å². The highest BCUT2D eigenvalue weighted by atomic mass is 16.5. The molecule has 0 bridgehead atoms. The molecule has 1 aliphatic rings. The van der Waals surface area contributed by atoms with E-state index in [9.17, 15) is 4.79 Å². The molecule has 0 radical (unpaired) electrons. The van der Waals surface area contributed by atoms with E-state index in [-0.39, 0.29) is 11.8 Å². The second-order valence-electron chi connectivity index (χ2n) is 6.58. The molecule has 1 fully saturated rings. The molecule has 0 unspecified atom stereocenters. The number of benzene rings is 1. The van der Waals surface area contributed by atoms with Crippen molar-refractivity contribution in [3.63, 3.8) is 0 Å². The van der Waals surface area contributed by atoms with Crippen molar-refractivity contribution >= 4 is 5.91 Å². The number of hydrogen-bond donors (Lipinski definition) is 0. The van der Waals surface area contributed by atoms with E-state index < -0.39 is 0 Å². The van der Waals surface area contributed by atoms with Crippen molar-refractivity contribution in [2.24, 2.45) is 0 Å². The lowest BCUT2D eigenvalue weighted by atomic mass is 9.96.